The van der Waals surface area contributed by atoms with Gasteiger partial charge in [0.05, 0.1) is 12.8 Å². The summed E-state index contributed by atoms with van der Waals surface area (Å²) in [5.74, 6) is 1.05. The summed E-state index contributed by atoms with van der Waals surface area (Å²) >= 11 is 0. The molecule has 1 aliphatic rings. The molecule has 0 unspecified atom stereocenters. The van der Waals surface area contributed by atoms with Crippen molar-refractivity contribution in [3.05, 3.63) is 18.2 Å². The lowest BCUT2D eigenvalue weighted by Gasteiger charge is -2.31. The van der Waals surface area contributed by atoms with Gasteiger partial charge in [-0.25, -0.2) is 8.42 Å². The van der Waals surface area contributed by atoms with Crippen LogP contribution in [0.3, 0.4) is 0 Å². The van der Waals surface area contributed by atoms with Gasteiger partial charge in [0.25, 0.3) is 0 Å². The van der Waals surface area contributed by atoms with Gasteiger partial charge in [-0.3, -0.25) is 0 Å². The number of rotatable bonds is 6. The zero-order valence-electron chi connectivity index (χ0n) is 12.0. The summed E-state index contributed by atoms with van der Waals surface area (Å²) in [6.45, 7) is 2.91. The maximum atomic E-state index is 12.7. The minimum atomic E-state index is -3.53. The largest absolute Gasteiger partial charge is 0.497 e. The quantitative estimate of drug-likeness (QED) is 0.816. The molecule has 20 heavy (non-hydrogen) atoms. The molecule has 2 rings (SSSR count). The molecule has 1 saturated carbocycles. The Kier molecular flexibility index (Phi) is 4.55. The summed E-state index contributed by atoms with van der Waals surface area (Å²) in [7, 11) is -2.00. The molecular formula is C14H22N2O3S. The summed E-state index contributed by atoms with van der Waals surface area (Å²) in [6.07, 6.45) is 3.43. The first kappa shape index (κ1) is 15.1. The maximum absolute atomic E-state index is 12.7. The predicted octanol–water partition coefficient (Wildman–Crippen LogP) is 2.09. The summed E-state index contributed by atoms with van der Waals surface area (Å²) < 4.78 is 31.9. The first-order valence-corrected chi connectivity index (χ1v) is 8.36. The van der Waals surface area contributed by atoms with Crippen LogP contribution in [0, 0.1) is 5.92 Å². The van der Waals surface area contributed by atoms with Gasteiger partial charge in [-0.1, -0.05) is 13.3 Å². The first-order valence-electron chi connectivity index (χ1n) is 6.92. The highest BCUT2D eigenvalue weighted by Gasteiger charge is 2.29. The van der Waals surface area contributed by atoms with Crippen LogP contribution in [-0.4, -0.2) is 32.9 Å². The van der Waals surface area contributed by atoms with Crippen molar-refractivity contribution >= 4 is 15.7 Å². The molecule has 0 amide bonds. The van der Waals surface area contributed by atoms with Gasteiger partial charge in [0.15, 0.2) is 0 Å². The normalized spacial score (nSPS) is 16.1. The number of nitrogen functional groups attached to an aromatic ring is 1. The number of benzene rings is 1. The van der Waals surface area contributed by atoms with Gasteiger partial charge in [-0.15, -0.1) is 0 Å². The molecule has 112 valence electrons. The minimum absolute atomic E-state index is 0.166. The zero-order valence-corrected chi connectivity index (χ0v) is 12.8. The van der Waals surface area contributed by atoms with Crippen LogP contribution >= 0.6 is 0 Å². The Hall–Kier alpha value is -1.27. The number of hydrogen-bond donors (Lipinski definition) is 1. The van der Waals surface area contributed by atoms with Crippen LogP contribution in [0.5, 0.6) is 5.75 Å². The molecule has 0 heterocycles. The Morgan fingerprint density at radius 2 is 2.10 bits per heavy atom. The molecule has 0 saturated heterocycles. The molecule has 1 aromatic carbocycles. The van der Waals surface area contributed by atoms with Crippen molar-refractivity contribution in [2.24, 2.45) is 5.92 Å². The van der Waals surface area contributed by atoms with E-state index in [1.807, 2.05) is 6.92 Å². The number of ether oxygens (including phenoxy) is 1. The molecule has 6 heteroatoms. The topological polar surface area (TPSA) is 72.6 Å². The molecular weight excluding hydrogens is 276 g/mol. The highest BCUT2D eigenvalue weighted by molar-refractivity contribution is 7.89. The number of anilines is 1. The molecule has 1 fully saturated rings. The van der Waals surface area contributed by atoms with Gasteiger partial charge in [0.2, 0.25) is 10.0 Å². The fourth-order valence-corrected chi connectivity index (χ4v) is 4.01. The third-order valence-corrected chi connectivity index (χ3v) is 5.89. The van der Waals surface area contributed by atoms with E-state index < -0.39 is 10.0 Å². The summed E-state index contributed by atoms with van der Waals surface area (Å²) in [5, 5.41) is 0. The minimum Gasteiger partial charge on any atom is -0.497 e. The maximum Gasteiger partial charge on any atom is 0.245 e. The van der Waals surface area contributed by atoms with Crippen LogP contribution in [0.2, 0.25) is 0 Å². The van der Waals surface area contributed by atoms with Gasteiger partial charge in [0.1, 0.15) is 10.6 Å². The van der Waals surface area contributed by atoms with Gasteiger partial charge in [0, 0.05) is 19.2 Å². The fraction of sp³-hybridized carbons (Fsp3) is 0.571. The molecule has 0 spiro atoms. The van der Waals surface area contributed by atoms with Crippen LogP contribution in [-0.2, 0) is 10.0 Å². The van der Waals surface area contributed by atoms with Crippen molar-refractivity contribution in [1.82, 2.24) is 4.31 Å². The lowest BCUT2D eigenvalue weighted by atomic mass is 9.85. The second-order valence-electron chi connectivity index (χ2n) is 5.16. The summed E-state index contributed by atoms with van der Waals surface area (Å²) in [5.41, 5.74) is 6.10. The Balaban J connectivity index is 2.27. The SMILES string of the molecule is CCN(CC1CCC1)S(=O)(=O)c1ccc(OC)cc1N. The van der Waals surface area contributed by atoms with Crippen molar-refractivity contribution in [3.63, 3.8) is 0 Å². The van der Waals surface area contributed by atoms with Crippen molar-refractivity contribution in [2.45, 2.75) is 31.1 Å². The third kappa shape index (κ3) is 2.91. The molecule has 0 bridgehead atoms. The monoisotopic (exact) mass is 298 g/mol. The van der Waals surface area contributed by atoms with E-state index in [0.717, 1.165) is 12.8 Å². The lowest BCUT2D eigenvalue weighted by molar-refractivity contribution is 0.250. The van der Waals surface area contributed by atoms with E-state index in [2.05, 4.69) is 0 Å². The van der Waals surface area contributed by atoms with E-state index >= 15 is 0 Å². The second kappa shape index (κ2) is 6.01. The molecule has 1 aromatic rings. The highest BCUT2D eigenvalue weighted by atomic mass is 32.2. The van der Waals surface area contributed by atoms with Crippen molar-refractivity contribution < 1.29 is 13.2 Å². The number of nitrogens with two attached hydrogens (primary N) is 1. The third-order valence-electron chi connectivity index (χ3n) is 3.87. The van der Waals surface area contributed by atoms with E-state index in [1.165, 1.54) is 23.9 Å². The van der Waals surface area contributed by atoms with Crippen molar-refractivity contribution in [3.8, 4) is 5.75 Å². The van der Waals surface area contributed by atoms with E-state index in [4.69, 9.17) is 10.5 Å². The second-order valence-corrected chi connectivity index (χ2v) is 7.06. The summed E-state index contributed by atoms with van der Waals surface area (Å²) in [4.78, 5) is 0.166. The van der Waals surface area contributed by atoms with Crippen LogP contribution in [0.25, 0.3) is 0 Å². The molecule has 5 nitrogen and oxygen atoms in total. The molecule has 0 aliphatic heterocycles. The van der Waals surface area contributed by atoms with Crippen LogP contribution in [0.4, 0.5) is 5.69 Å². The van der Waals surface area contributed by atoms with E-state index in [-0.39, 0.29) is 10.6 Å². The van der Waals surface area contributed by atoms with E-state index in [1.54, 1.807) is 12.1 Å². The predicted molar refractivity (Wildman–Crippen MR) is 79.2 cm³/mol. The standard InChI is InChI=1S/C14H22N2O3S/c1-3-16(10-11-5-4-6-11)20(17,18)14-8-7-12(19-2)9-13(14)15/h7-9,11H,3-6,10,15H2,1-2H3. The molecule has 2 N–H and O–H groups in total. The smallest absolute Gasteiger partial charge is 0.245 e. The fourth-order valence-electron chi connectivity index (χ4n) is 2.39. The molecule has 0 radical (unpaired) electrons. The van der Waals surface area contributed by atoms with E-state index in [9.17, 15) is 8.42 Å². The van der Waals surface area contributed by atoms with Crippen molar-refractivity contribution in [1.29, 1.82) is 0 Å². The first-order chi connectivity index (χ1) is 9.48. The Morgan fingerprint density at radius 3 is 2.55 bits per heavy atom. The number of nitrogens with zero attached hydrogens (tertiary/aromatic N) is 1. The lowest BCUT2D eigenvalue weighted by Crippen LogP contribution is -2.37. The van der Waals surface area contributed by atoms with Gasteiger partial charge < -0.3 is 10.5 Å². The van der Waals surface area contributed by atoms with Crippen molar-refractivity contribution in [2.75, 3.05) is 25.9 Å². The van der Waals surface area contributed by atoms with Crippen LogP contribution < -0.4 is 10.5 Å². The van der Waals surface area contributed by atoms with Crippen LogP contribution in [0.15, 0.2) is 23.1 Å². The number of methoxy groups -OCH3 is 1. The molecule has 1 aliphatic carbocycles. The average Bonchev–Trinajstić information content (AvgIpc) is 2.36. The average molecular weight is 298 g/mol. The zero-order chi connectivity index (χ0) is 14.8. The van der Waals surface area contributed by atoms with Gasteiger partial charge >= 0.3 is 0 Å². The molecule has 0 atom stereocenters. The van der Waals surface area contributed by atoms with E-state index in [0.29, 0.717) is 24.8 Å². The van der Waals surface area contributed by atoms with Gasteiger partial charge in [-0.2, -0.15) is 4.31 Å². The Bertz CT molecular complexity index is 568. The Labute approximate surface area is 120 Å². The van der Waals surface area contributed by atoms with Gasteiger partial charge in [-0.05, 0) is 30.9 Å². The Morgan fingerprint density at radius 1 is 1.40 bits per heavy atom. The number of sulfonamides is 1. The summed E-state index contributed by atoms with van der Waals surface area (Å²) in [6, 6.07) is 4.69. The highest BCUT2D eigenvalue weighted by Crippen LogP contribution is 2.31. The number of hydrogen-bond acceptors (Lipinski definition) is 4. The molecule has 0 aromatic heterocycles. The van der Waals surface area contributed by atoms with Crippen LogP contribution in [0.1, 0.15) is 26.2 Å².